The maximum atomic E-state index is 9.03. The number of unbranched alkanes of at least 4 members (excludes halogenated alkanes) is 5. The lowest BCUT2D eigenvalue weighted by Crippen LogP contribution is -1.97. The van der Waals surface area contributed by atoms with E-state index in [2.05, 4.69) is 19.1 Å². The van der Waals surface area contributed by atoms with Crippen molar-refractivity contribution >= 4 is 0 Å². The standard InChI is InChI=1S/C13H26O/c1-3-4-5-6-7-8-9-10-11-12-13(2)14/h8-9,13-14H,3-7,10-12H2,1-2H3/b9-8-/t13-/m1/s1. The van der Waals surface area contributed by atoms with Crippen molar-refractivity contribution in [1.82, 2.24) is 0 Å². The SMILES string of the molecule is CCCCCC/C=C\CCC[C@@H](C)O. The van der Waals surface area contributed by atoms with Crippen LogP contribution in [0.25, 0.3) is 0 Å². The fourth-order valence-electron chi connectivity index (χ4n) is 1.46. The molecular weight excluding hydrogens is 172 g/mol. The third-order valence-electron chi connectivity index (χ3n) is 2.38. The van der Waals surface area contributed by atoms with Crippen LogP contribution in [-0.4, -0.2) is 11.2 Å². The summed E-state index contributed by atoms with van der Waals surface area (Å²) in [5.74, 6) is 0. The van der Waals surface area contributed by atoms with Gasteiger partial charge in [-0.2, -0.15) is 0 Å². The molecule has 0 bridgehead atoms. The van der Waals surface area contributed by atoms with Gasteiger partial charge in [0.25, 0.3) is 0 Å². The molecule has 0 aliphatic heterocycles. The number of aliphatic hydroxyl groups is 1. The summed E-state index contributed by atoms with van der Waals surface area (Å²) in [6.45, 7) is 4.10. The normalized spacial score (nSPS) is 13.6. The Kier molecular flexibility index (Phi) is 10.5. The summed E-state index contributed by atoms with van der Waals surface area (Å²) >= 11 is 0. The number of rotatable bonds is 9. The van der Waals surface area contributed by atoms with Gasteiger partial charge in [-0.3, -0.25) is 0 Å². The Balaban J connectivity index is 3.04. The summed E-state index contributed by atoms with van der Waals surface area (Å²) in [5, 5.41) is 9.03. The largest absolute Gasteiger partial charge is 0.393 e. The van der Waals surface area contributed by atoms with Crippen molar-refractivity contribution in [2.24, 2.45) is 0 Å². The molecule has 0 aliphatic rings. The molecule has 0 aromatic heterocycles. The van der Waals surface area contributed by atoms with Crippen molar-refractivity contribution in [3.63, 3.8) is 0 Å². The van der Waals surface area contributed by atoms with Gasteiger partial charge in [-0.05, 0) is 39.0 Å². The first kappa shape index (κ1) is 13.7. The van der Waals surface area contributed by atoms with Gasteiger partial charge in [0.1, 0.15) is 0 Å². The fourth-order valence-corrected chi connectivity index (χ4v) is 1.46. The molecule has 1 atom stereocenters. The predicted molar refractivity (Wildman–Crippen MR) is 63.4 cm³/mol. The van der Waals surface area contributed by atoms with E-state index >= 15 is 0 Å². The second-order valence-corrected chi connectivity index (χ2v) is 4.10. The minimum atomic E-state index is -0.132. The highest BCUT2D eigenvalue weighted by Crippen LogP contribution is 2.05. The monoisotopic (exact) mass is 198 g/mol. The molecule has 0 aromatic rings. The van der Waals surface area contributed by atoms with Crippen molar-refractivity contribution in [3.8, 4) is 0 Å². The summed E-state index contributed by atoms with van der Waals surface area (Å²) in [4.78, 5) is 0. The van der Waals surface area contributed by atoms with Crippen LogP contribution in [0, 0.1) is 0 Å². The first-order valence-corrected chi connectivity index (χ1v) is 6.10. The Morgan fingerprint density at radius 3 is 2.21 bits per heavy atom. The summed E-state index contributed by atoms with van der Waals surface area (Å²) in [6, 6.07) is 0. The van der Waals surface area contributed by atoms with Gasteiger partial charge >= 0.3 is 0 Å². The van der Waals surface area contributed by atoms with Gasteiger partial charge in [-0.25, -0.2) is 0 Å². The quantitative estimate of drug-likeness (QED) is 0.437. The van der Waals surface area contributed by atoms with Gasteiger partial charge in [-0.1, -0.05) is 38.3 Å². The van der Waals surface area contributed by atoms with Crippen LogP contribution >= 0.6 is 0 Å². The van der Waals surface area contributed by atoms with Crippen molar-refractivity contribution < 1.29 is 5.11 Å². The molecule has 0 saturated carbocycles. The Morgan fingerprint density at radius 1 is 1.00 bits per heavy atom. The average Bonchev–Trinajstić information content (AvgIpc) is 2.15. The highest BCUT2D eigenvalue weighted by molar-refractivity contribution is 4.81. The third kappa shape index (κ3) is 11.7. The maximum Gasteiger partial charge on any atom is 0.0512 e. The summed E-state index contributed by atoms with van der Waals surface area (Å²) in [5.41, 5.74) is 0. The topological polar surface area (TPSA) is 20.2 Å². The van der Waals surface area contributed by atoms with Crippen molar-refractivity contribution in [2.45, 2.75) is 71.3 Å². The molecule has 0 radical (unpaired) electrons. The van der Waals surface area contributed by atoms with Gasteiger partial charge in [0.2, 0.25) is 0 Å². The molecule has 0 aliphatic carbocycles. The van der Waals surface area contributed by atoms with Crippen LogP contribution in [0.1, 0.15) is 65.2 Å². The van der Waals surface area contributed by atoms with Crippen LogP contribution < -0.4 is 0 Å². The molecule has 0 spiro atoms. The summed E-state index contributed by atoms with van der Waals surface area (Å²) in [6.07, 6.45) is 14.2. The van der Waals surface area contributed by atoms with E-state index in [1.54, 1.807) is 0 Å². The zero-order valence-corrected chi connectivity index (χ0v) is 9.84. The van der Waals surface area contributed by atoms with E-state index in [4.69, 9.17) is 5.11 Å². The van der Waals surface area contributed by atoms with Crippen molar-refractivity contribution in [3.05, 3.63) is 12.2 Å². The number of hydrogen-bond acceptors (Lipinski definition) is 1. The Bertz CT molecular complexity index is 127. The molecule has 0 saturated heterocycles. The van der Waals surface area contributed by atoms with Crippen LogP contribution in [0.15, 0.2) is 12.2 Å². The molecule has 0 aromatic carbocycles. The van der Waals surface area contributed by atoms with E-state index in [-0.39, 0.29) is 6.10 Å². The number of hydrogen-bond donors (Lipinski definition) is 1. The second kappa shape index (κ2) is 10.8. The van der Waals surface area contributed by atoms with E-state index in [9.17, 15) is 0 Å². The van der Waals surface area contributed by atoms with Gasteiger partial charge in [0.15, 0.2) is 0 Å². The van der Waals surface area contributed by atoms with Gasteiger partial charge < -0.3 is 5.11 Å². The van der Waals surface area contributed by atoms with E-state index in [1.165, 1.54) is 32.1 Å². The second-order valence-electron chi connectivity index (χ2n) is 4.10. The molecule has 0 unspecified atom stereocenters. The average molecular weight is 198 g/mol. The zero-order valence-electron chi connectivity index (χ0n) is 9.84. The first-order valence-electron chi connectivity index (χ1n) is 6.10. The lowest BCUT2D eigenvalue weighted by atomic mass is 10.1. The first-order chi connectivity index (χ1) is 6.77. The Hall–Kier alpha value is -0.300. The Labute approximate surface area is 89.2 Å². The predicted octanol–water partition coefficient (Wildman–Crippen LogP) is 4.06. The van der Waals surface area contributed by atoms with Crippen LogP contribution in [0.5, 0.6) is 0 Å². The molecular formula is C13H26O. The minimum absolute atomic E-state index is 0.132. The lowest BCUT2D eigenvalue weighted by molar-refractivity contribution is 0.182. The molecule has 0 amide bonds. The minimum Gasteiger partial charge on any atom is -0.393 e. The van der Waals surface area contributed by atoms with Crippen LogP contribution in [0.2, 0.25) is 0 Å². The fraction of sp³-hybridized carbons (Fsp3) is 0.846. The lowest BCUT2D eigenvalue weighted by Gasteiger charge is -2.00. The molecule has 0 rings (SSSR count). The van der Waals surface area contributed by atoms with Gasteiger partial charge in [0.05, 0.1) is 6.10 Å². The third-order valence-corrected chi connectivity index (χ3v) is 2.38. The Morgan fingerprint density at radius 2 is 1.64 bits per heavy atom. The van der Waals surface area contributed by atoms with E-state index in [0.29, 0.717) is 0 Å². The smallest absolute Gasteiger partial charge is 0.0512 e. The molecule has 1 nitrogen and oxygen atoms in total. The molecule has 84 valence electrons. The molecule has 1 heteroatoms. The summed E-state index contributed by atoms with van der Waals surface area (Å²) < 4.78 is 0. The van der Waals surface area contributed by atoms with E-state index in [0.717, 1.165) is 19.3 Å². The number of aliphatic hydroxyl groups excluding tert-OH is 1. The highest BCUT2D eigenvalue weighted by atomic mass is 16.3. The van der Waals surface area contributed by atoms with Crippen LogP contribution in [0.3, 0.4) is 0 Å². The number of allylic oxidation sites excluding steroid dienone is 2. The van der Waals surface area contributed by atoms with E-state index in [1.807, 2.05) is 6.92 Å². The molecule has 0 fully saturated rings. The van der Waals surface area contributed by atoms with Gasteiger partial charge in [0, 0.05) is 0 Å². The van der Waals surface area contributed by atoms with Crippen molar-refractivity contribution in [1.29, 1.82) is 0 Å². The van der Waals surface area contributed by atoms with E-state index < -0.39 is 0 Å². The molecule has 0 heterocycles. The molecule has 14 heavy (non-hydrogen) atoms. The van der Waals surface area contributed by atoms with Crippen LogP contribution in [-0.2, 0) is 0 Å². The van der Waals surface area contributed by atoms with Gasteiger partial charge in [-0.15, -0.1) is 0 Å². The van der Waals surface area contributed by atoms with Crippen molar-refractivity contribution in [2.75, 3.05) is 0 Å². The zero-order chi connectivity index (χ0) is 10.6. The maximum absolute atomic E-state index is 9.03. The van der Waals surface area contributed by atoms with Crippen LogP contribution in [0.4, 0.5) is 0 Å². The highest BCUT2D eigenvalue weighted by Gasteiger charge is 1.92. The molecule has 1 N–H and O–H groups in total. The summed E-state index contributed by atoms with van der Waals surface area (Å²) in [7, 11) is 0.